The topological polar surface area (TPSA) is 60.7 Å². The van der Waals surface area contributed by atoms with E-state index in [1.807, 2.05) is 13.8 Å². The van der Waals surface area contributed by atoms with Gasteiger partial charge in [0.1, 0.15) is 0 Å². The van der Waals surface area contributed by atoms with Crippen molar-refractivity contribution >= 4 is 29.5 Å². The summed E-state index contributed by atoms with van der Waals surface area (Å²) in [6.45, 7) is 32.5. The van der Waals surface area contributed by atoms with E-state index in [2.05, 4.69) is 151 Å². The Kier molecular flexibility index (Phi) is 8.60. The highest BCUT2D eigenvalue weighted by atomic mass is 31.2. The molecule has 0 saturated carbocycles. The van der Waals surface area contributed by atoms with Crippen molar-refractivity contribution in [1.29, 1.82) is 0 Å². The summed E-state index contributed by atoms with van der Waals surface area (Å²) in [7, 11) is -4.40. The van der Waals surface area contributed by atoms with E-state index in [0.717, 1.165) is 33.0 Å². The van der Waals surface area contributed by atoms with Crippen LogP contribution in [0.15, 0.2) is 60.7 Å². The van der Waals surface area contributed by atoms with E-state index in [0.29, 0.717) is 0 Å². The Morgan fingerprint density at radius 3 is 0.956 bits per heavy atom. The summed E-state index contributed by atoms with van der Waals surface area (Å²) in [5, 5.41) is 3.20. The summed E-state index contributed by atoms with van der Waals surface area (Å²) in [4.78, 5) is 33.9. The Hall–Kier alpha value is -2.29. The third kappa shape index (κ3) is 6.36. The van der Waals surface area contributed by atoms with Crippen LogP contribution in [-0.4, -0.2) is 19.8 Å². The minimum absolute atomic E-state index is 0.0135. The van der Waals surface area contributed by atoms with Crippen LogP contribution < -0.4 is 0 Å². The van der Waals surface area contributed by atoms with E-state index >= 15 is 0 Å². The second-order valence-corrected chi connectivity index (χ2v) is 20.4. The fraction of sp³-hybridized carbons (Fsp3) is 0.512. The minimum atomic E-state index is -4.40. The van der Waals surface area contributed by atoms with Crippen molar-refractivity contribution in [3.05, 3.63) is 94.0 Å². The molecule has 0 radical (unpaired) electrons. The molecule has 3 nitrogen and oxygen atoms in total. The fourth-order valence-electron chi connectivity index (χ4n) is 6.70. The van der Waals surface area contributed by atoms with Gasteiger partial charge in [-0.15, -0.1) is 0 Å². The van der Waals surface area contributed by atoms with E-state index < -0.39 is 18.5 Å². The van der Waals surface area contributed by atoms with Crippen molar-refractivity contribution in [2.24, 2.45) is 0 Å². The fourth-order valence-corrected chi connectivity index (χ4v) is 7.54. The van der Waals surface area contributed by atoms with Crippen LogP contribution in [0.2, 0.25) is 0 Å². The second kappa shape index (κ2) is 10.9. The Morgan fingerprint density at radius 2 is 0.689 bits per heavy atom. The van der Waals surface area contributed by atoms with Crippen LogP contribution in [0.1, 0.15) is 137 Å². The average molecular weight is 630 g/mol. The zero-order valence-electron chi connectivity index (χ0n) is 30.6. The Bertz CT molecular complexity index is 1630. The molecule has 0 spiro atoms. The molecular weight excluding hydrogens is 571 g/mol. The van der Waals surface area contributed by atoms with Gasteiger partial charge in [-0.25, -0.2) is 0 Å². The molecule has 0 amide bonds. The van der Waals surface area contributed by atoms with Gasteiger partial charge in [0.05, 0.1) is 5.41 Å². The Labute approximate surface area is 273 Å². The quantitative estimate of drug-likeness (QED) is 0.197. The van der Waals surface area contributed by atoms with Gasteiger partial charge in [0, 0.05) is 0 Å². The van der Waals surface area contributed by atoms with Gasteiger partial charge in [-0.1, -0.05) is 132 Å². The SMILES string of the molecule is CC(C)(C)c1ccc2cc(C(C)(c3cc4ccc(C(C)(C)C)cc4cc3C(C)(C)C)C(C)(C)[P+](O)(O)O)c(C(C)(C)C)cc2c1. The summed E-state index contributed by atoms with van der Waals surface area (Å²) in [6, 6.07) is 22.5. The molecule has 0 saturated heterocycles. The molecule has 4 heteroatoms. The lowest BCUT2D eigenvalue weighted by Gasteiger charge is -2.47. The van der Waals surface area contributed by atoms with Gasteiger partial charge >= 0.3 is 7.94 Å². The number of hydrogen-bond donors (Lipinski definition) is 3. The standard InChI is InChI=1S/C41H58O3P/c1-36(2,3)30-18-16-26-22-34(32(38(7,8)9)24-28(26)20-30)41(15,40(13,14)45(42,43)44)35-23-27-17-19-31(37(4,5)6)21-29(27)25-33(35)39(10,11)12/h16-25,42-44H,1-15H3/q+1. The molecule has 0 aliphatic rings. The maximum atomic E-state index is 11.3. The normalized spacial score (nSPS) is 14.4. The molecule has 0 unspecified atom stereocenters. The molecule has 0 aliphatic carbocycles. The van der Waals surface area contributed by atoms with Crippen molar-refractivity contribution in [3.63, 3.8) is 0 Å². The zero-order chi connectivity index (χ0) is 34.3. The van der Waals surface area contributed by atoms with Crippen molar-refractivity contribution in [3.8, 4) is 0 Å². The molecule has 4 aromatic rings. The van der Waals surface area contributed by atoms with E-state index in [1.54, 1.807) is 0 Å². The summed E-state index contributed by atoms with van der Waals surface area (Å²) >= 11 is 0. The molecular formula is C41H58O3P+. The van der Waals surface area contributed by atoms with Crippen LogP contribution >= 0.6 is 7.94 Å². The van der Waals surface area contributed by atoms with Crippen molar-refractivity contribution in [2.75, 3.05) is 0 Å². The van der Waals surface area contributed by atoms with Crippen LogP contribution in [0.3, 0.4) is 0 Å². The Morgan fingerprint density at radius 1 is 0.378 bits per heavy atom. The largest absolute Gasteiger partial charge is 0.410 e. The van der Waals surface area contributed by atoms with Gasteiger partial charge in [0.2, 0.25) is 0 Å². The summed E-state index contributed by atoms with van der Waals surface area (Å²) in [5.74, 6) is 0. The molecule has 3 N–H and O–H groups in total. The molecule has 4 rings (SSSR count). The number of rotatable bonds is 4. The van der Waals surface area contributed by atoms with E-state index in [1.165, 1.54) is 21.9 Å². The van der Waals surface area contributed by atoms with Crippen LogP contribution in [0.25, 0.3) is 21.5 Å². The highest BCUT2D eigenvalue weighted by Crippen LogP contribution is 2.68. The van der Waals surface area contributed by atoms with E-state index in [9.17, 15) is 14.7 Å². The number of benzene rings is 4. The molecule has 45 heavy (non-hydrogen) atoms. The minimum Gasteiger partial charge on any atom is -0.192 e. The maximum absolute atomic E-state index is 11.3. The van der Waals surface area contributed by atoms with Gasteiger partial charge in [-0.2, -0.15) is 14.7 Å². The predicted molar refractivity (Wildman–Crippen MR) is 197 cm³/mol. The molecule has 0 aromatic heterocycles. The first kappa shape index (κ1) is 35.6. The van der Waals surface area contributed by atoms with Gasteiger partial charge in [0.25, 0.3) is 0 Å². The molecule has 0 aliphatic heterocycles. The van der Waals surface area contributed by atoms with Crippen LogP contribution in [0.5, 0.6) is 0 Å². The molecule has 0 heterocycles. The van der Waals surface area contributed by atoms with Crippen molar-refractivity contribution in [1.82, 2.24) is 0 Å². The lowest BCUT2D eigenvalue weighted by Crippen LogP contribution is -2.49. The van der Waals surface area contributed by atoms with Gasteiger partial charge in [0.15, 0.2) is 5.16 Å². The average Bonchev–Trinajstić information content (AvgIpc) is 2.87. The smallest absolute Gasteiger partial charge is 0.192 e. The maximum Gasteiger partial charge on any atom is 0.410 e. The lowest BCUT2D eigenvalue weighted by molar-refractivity contribution is 0.255. The highest BCUT2D eigenvalue weighted by Gasteiger charge is 2.64. The van der Waals surface area contributed by atoms with Gasteiger partial charge in [-0.3, -0.25) is 0 Å². The van der Waals surface area contributed by atoms with Crippen LogP contribution in [0.4, 0.5) is 0 Å². The molecule has 0 bridgehead atoms. The third-order valence-corrected chi connectivity index (χ3v) is 12.3. The first-order valence-corrected chi connectivity index (χ1v) is 18.0. The Balaban J connectivity index is 2.24. The number of fused-ring (bicyclic) bond motifs is 2. The summed E-state index contributed by atoms with van der Waals surface area (Å²) < 4.78 is 0. The molecule has 0 atom stereocenters. The van der Waals surface area contributed by atoms with E-state index in [-0.39, 0.29) is 21.7 Å². The first-order valence-electron chi connectivity index (χ1n) is 16.4. The first-order chi connectivity index (χ1) is 20.1. The molecule has 4 aromatic carbocycles. The van der Waals surface area contributed by atoms with Crippen LogP contribution in [0, 0.1) is 0 Å². The van der Waals surface area contributed by atoms with Crippen molar-refractivity contribution in [2.45, 2.75) is 136 Å². The zero-order valence-corrected chi connectivity index (χ0v) is 31.5. The van der Waals surface area contributed by atoms with E-state index in [4.69, 9.17) is 0 Å². The lowest BCUT2D eigenvalue weighted by atomic mass is 9.60. The third-order valence-electron chi connectivity index (χ3n) is 10.4. The van der Waals surface area contributed by atoms with Crippen molar-refractivity contribution < 1.29 is 14.7 Å². The summed E-state index contributed by atoms with van der Waals surface area (Å²) in [5.41, 5.74) is 5.34. The van der Waals surface area contributed by atoms with Crippen LogP contribution in [-0.2, 0) is 27.1 Å². The monoisotopic (exact) mass is 629 g/mol. The predicted octanol–water partition coefficient (Wildman–Crippen LogP) is 11.0. The number of hydrogen-bond acceptors (Lipinski definition) is 3. The van der Waals surface area contributed by atoms with Gasteiger partial charge < -0.3 is 0 Å². The second-order valence-electron chi connectivity index (χ2n) is 18.2. The van der Waals surface area contributed by atoms with Gasteiger partial charge in [-0.05, 0) is 109 Å². The summed E-state index contributed by atoms with van der Waals surface area (Å²) in [6.07, 6.45) is 0. The molecule has 244 valence electrons. The highest BCUT2D eigenvalue weighted by molar-refractivity contribution is 7.60. The molecule has 0 fully saturated rings.